The molecule has 0 saturated carbocycles. The molecule has 1 aliphatic heterocycles. The molecule has 0 aromatic heterocycles. The van der Waals surface area contributed by atoms with Crippen LogP contribution in [0.4, 0.5) is 0 Å². The van der Waals surface area contributed by atoms with Crippen molar-refractivity contribution in [2.45, 2.75) is 13.8 Å². The molecule has 0 aromatic carbocycles. The number of likely N-dealkylation sites (tertiary alicyclic amines) is 1. The molecule has 3 unspecified atom stereocenters. The van der Waals surface area contributed by atoms with Gasteiger partial charge < -0.3 is 4.90 Å². The van der Waals surface area contributed by atoms with Crippen LogP contribution in [-0.4, -0.2) is 30.8 Å². The Balaban J connectivity index is 2.26. The minimum absolute atomic E-state index is 0.222. The lowest BCUT2D eigenvalue weighted by Gasteiger charge is -2.35. The van der Waals surface area contributed by atoms with Gasteiger partial charge in [0.25, 0.3) is 0 Å². The van der Waals surface area contributed by atoms with Crippen LogP contribution in [-0.2, 0) is 4.79 Å². The van der Waals surface area contributed by atoms with Crippen LogP contribution in [0.1, 0.15) is 13.8 Å². The zero-order chi connectivity index (χ0) is 9.59. The van der Waals surface area contributed by atoms with Crippen molar-refractivity contribution in [3.8, 4) is 0 Å². The Morgan fingerprint density at radius 1 is 1.38 bits per heavy atom. The number of piperidine rings is 1. The Kier molecular flexibility index (Phi) is 2.03. The average Bonchev–Trinajstić information content (AvgIpc) is 2.32. The number of allylic oxidation sites excluding steroid dienone is 1. The Morgan fingerprint density at radius 3 is 2.77 bits per heavy atom. The van der Waals surface area contributed by atoms with E-state index in [2.05, 4.69) is 25.8 Å². The molecule has 0 N–H and O–H groups in total. The maximum atomic E-state index is 11.5. The lowest BCUT2D eigenvalue weighted by atomic mass is 9.82. The fourth-order valence-corrected chi connectivity index (χ4v) is 2.64. The van der Waals surface area contributed by atoms with E-state index >= 15 is 0 Å². The second-order valence-electron chi connectivity index (χ2n) is 4.56. The van der Waals surface area contributed by atoms with Gasteiger partial charge in [0.05, 0.1) is 0 Å². The van der Waals surface area contributed by atoms with Crippen LogP contribution < -0.4 is 0 Å². The zero-order valence-electron chi connectivity index (χ0n) is 8.58. The summed E-state index contributed by atoms with van der Waals surface area (Å²) in [5.41, 5.74) is 1.40. The van der Waals surface area contributed by atoms with Crippen molar-refractivity contribution in [3.05, 3.63) is 11.6 Å². The molecule has 1 fully saturated rings. The van der Waals surface area contributed by atoms with E-state index in [-0.39, 0.29) is 5.92 Å². The molecule has 0 aromatic rings. The van der Waals surface area contributed by atoms with Crippen LogP contribution >= 0.6 is 0 Å². The number of fused-ring (bicyclic) bond motifs is 1. The summed E-state index contributed by atoms with van der Waals surface area (Å²) in [6, 6.07) is 0. The molecule has 1 heterocycles. The lowest BCUT2D eigenvalue weighted by molar-refractivity contribution is -0.117. The number of rotatable bonds is 0. The van der Waals surface area contributed by atoms with Gasteiger partial charge in [-0.05, 0) is 19.0 Å². The predicted octanol–water partition coefficient (Wildman–Crippen LogP) is 1.33. The van der Waals surface area contributed by atoms with Gasteiger partial charge in [0.15, 0.2) is 5.78 Å². The van der Waals surface area contributed by atoms with Gasteiger partial charge in [0, 0.05) is 24.9 Å². The summed E-state index contributed by atoms with van der Waals surface area (Å²) in [5.74, 6) is 1.63. The van der Waals surface area contributed by atoms with Gasteiger partial charge in [-0.15, -0.1) is 0 Å². The first-order chi connectivity index (χ1) is 6.09. The first-order valence-electron chi connectivity index (χ1n) is 5.03. The number of carbonyl (C=O) groups is 1. The van der Waals surface area contributed by atoms with E-state index in [0.29, 0.717) is 17.6 Å². The van der Waals surface area contributed by atoms with Crippen LogP contribution in [0.5, 0.6) is 0 Å². The normalized spacial score (nSPS) is 40.4. The van der Waals surface area contributed by atoms with Crippen molar-refractivity contribution in [2.75, 3.05) is 20.1 Å². The second kappa shape index (κ2) is 2.95. The van der Waals surface area contributed by atoms with E-state index in [1.807, 2.05) is 6.08 Å². The highest BCUT2D eigenvalue weighted by Crippen LogP contribution is 2.37. The third-order valence-electron chi connectivity index (χ3n) is 3.45. The predicted molar refractivity (Wildman–Crippen MR) is 52.4 cm³/mol. The number of hydrogen-bond donors (Lipinski definition) is 0. The smallest absolute Gasteiger partial charge is 0.159 e. The first-order valence-corrected chi connectivity index (χ1v) is 5.03. The highest BCUT2D eigenvalue weighted by Gasteiger charge is 2.38. The van der Waals surface area contributed by atoms with E-state index in [4.69, 9.17) is 0 Å². The summed E-state index contributed by atoms with van der Waals surface area (Å²) in [7, 11) is 2.14. The summed E-state index contributed by atoms with van der Waals surface area (Å²) < 4.78 is 0. The van der Waals surface area contributed by atoms with E-state index in [1.54, 1.807) is 0 Å². The maximum Gasteiger partial charge on any atom is 0.159 e. The summed E-state index contributed by atoms with van der Waals surface area (Å²) >= 11 is 0. The van der Waals surface area contributed by atoms with Crippen LogP contribution in [0.2, 0.25) is 0 Å². The molecule has 2 rings (SSSR count). The molecule has 0 spiro atoms. The van der Waals surface area contributed by atoms with Crippen molar-refractivity contribution in [1.82, 2.24) is 4.90 Å². The van der Waals surface area contributed by atoms with E-state index in [9.17, 15) is 4.79 Å². The topological polar surface area (TPSA) is 20.3 Å². The van der Waals surface area contributed by atoms with Crippen molar-refractivity contribution in [3.63, 3.8) is 0 Å². The largest absolute Gasteiger partial charge is 0.305 e. The Morgan fingerprint density at radius 2 is 2.08 bits per heavy atom. The Labute approximate surface area is 79.6 Å². The highest BCUT2D eigenvalue weighted by atomic mass is 16.1. The molecule has 1 saturated heterocycles. The van der Waals surface area contributed by atoms with Gasteiger partial charge in [-0.25, -0.2) is 0 Å². The van der Waals surface area contributed by atoms with Gasteiger partial charge in [-0.2, -0.15) is 0 Å². The molecular formula is C11H17NO. The molecule has 3 atom stereocenters. The standard InChI is InChI=1S/C11H17NO/c1-7-5-12(3)6-10-8(2)11(13)4-9(7)10/h4,7-8,10H,5-6H2,1-3H3. The molecule has 1 aliphatic carbocycles. The van der Waals surface area contributed by atoms with Crippen LogP contribution in [0, 0.1) is 17.8 Å². The van der Waals surface area contributed by atoms with Crippen LogP contribution in [0.15, 0.2) is 11.6 Å². The number of hydrogen-bond acceptors (Lipinski definition) is 2. The van der Waals surface area contributed by atoms with Gasteiger partial charge in [0.1, 0.15) is 0 Å². The molecule has 0 amide bonds. The van der Waals surface area contributed by atoms with E-state index in [0.717, 1.165) is 13.1 Å². The molecule has 0 bridgehead atoms. The minimum atomic E-state index is 0.222. The zero-order valence-corrected chi connectivity index (χ0v) is 8.58. The third-order valence-corrected chi connectivity index (χ3v) is 3.45. The molecule has 13 heavy (non-hydrogen) atoms. The van der Waals surface area contributed by atoms with E-state index < -0.39 is 0 Å². The van der Waals surface area contributed by atoms with Crippen molar-refractivity contribution < 1.29 is 4.79 Å². The monoisotopic (exact) mass is 179 g/mol. The van der Waals surface area contributed by atoms with Crippen molar-refractivity contribution in [2.24, 2.45) is 17.8 Å². The quantitative estimate of drug-likeness (QED) is 0.559. The number of ketones is 1. The van der Waals surface area contributed by atoms with Crippen LogP contribution in [0.25, 0.3) is 0 Å². The fourth-order valence-electron chi connectivity index (χ4n) is 2.64. The Hall–Kier alpha value is -0.630. The maximum absolute atomic E-state index is 11.5. The average molecular weight is 179 g/mol. The number of nitrogens with zero attached hydrogens (tertiary/aromatic N) is 1. The summed E-state index contributed by atoms with van der Waals surface area (Å²) in [6.07, 6.45) is 1.90. The van der Waals surface area contributed by atoms with Gasteiger partial charge in [-0.3, -0.25) is 4.79 Å². The fraction of sp³-hybridized carbons (Fsp3) is 0.727. The first kappa shape index (κ1) is 8.95. The van der Waals surface area contributed by atoms with Gasteiger partial charge in [-0.1, -0.05) is 19.4 Å². The van der Waals surface area contributed by atoms with Crippen molar-refractivity contribution in [1.29, 1.82) is 0 Å². The van der Waals surface area contributed by atoms with Crippen LogP contribution in [0.3, 0.4) is 0 Å². The lowest BCUT2D eigenvalue weighted by Crippen LogP contribution is -2.39. The summed E-state index contributed by atoms with van der Waals surface area (Å²) in [4.78, 5) is 13.8. The molecule has 0 radical (unpaired) electrons. The van der Waals surface area contributed by atoms with Gasteiger partial charge >= 0.3 is 0 Å². The van der Waals surface area contributed by atoms with Crippen molar-refractivity contribution >= 4 is 5.78 Å². The molecule has 72 valence electrons. The minimum Gasteiger partial charge on any atom is -0.305 e. The Bertz CT molecular complexity index is 269. The van der Waals surface area contributed by atoms with Gasteiger partial charge in [0.2, 0.25) is 0 Å². The highest BCUT2D eigenvalue weighted by molar-refractivity contribution is 5.95. The molecule has 2 nitrogen and oxygen atoms in total. The SMILES string of the molecule is CC1CN(C)CC2C1=CC(=O)C2C. The summed E-state index contributed by atoms with van der Waals surface area (Å²) in [6.45, 7) is 6.44. The van der Waals surface area contributed by atoms with E-state index in [1.165, 1.54) is 5.57 Å². The second-order valence-corrected chi connectivity index (χ2v) is 4.56. The molecule has 2 heteroatoms. The summed E-state index contributed by atoms with van der Waals surface area (Å²) in [5, 5.41) is 0. The third kappa shape index (κ3) is 1.33. The number of carbonyl (C=O) groups excluding carboxylic acids is 1. The molecule has 2 aliphatic rings. The molecular weight excluding hydrogens is 162 g/mol.